The Balaban J connectivity index is 2.00. The smallest absolute Gasteiger partial charge is 0.268 e. The maximum absolute atomic E-state index is 11.9. The van der Waals surface area contributed by atoms with Gasteiger partial charge in [0, 0.05) is 18.1 Å². The van der Waals surface area contributed by atoms with Crippen molar-refractivity contribution >= 4 is 17.2 Å². The summed E-state index contributed by atoms with van der Waals surface area (Å²) in [6.07, 6.45) is 1.81. The number of hydrogen-bond acceptors (Lipinski definition) is 3. The van der Waals surface area contributed by atoms with E-state index in [0.29, 0.717) is 5.69 Å². The van der Waals surface area contributed by atoms with Crippen molar-refractivity contribution in [3.8, 4) is 0 Å². The van der Waals surface area contributed by atoms with Crippen molar-refractivity contribution in [2.75, 3.05) is 6.54 Å². The van der Waals surface area contributed by atoms with Gasteiger partial charge in [-0.05, 0) is 30.5 Å². The molecular formula is C13H16N2O2S. The van der Waals surface area contributed by atoms with Crippen molar-refractivity contribution in [1.82, 2.24) is 9.88 Å². The fraction of sp³-hybridized carbons (Fsp3) is 0.308. The molecule has 2 N–H and O–H groups in total. The first-order valence-corrected chi connectivity index (χ1v) is 6.54. The fourth-order valence-corrected chi connectivity index (χ4v) is 2.50. The van der Waals surface area contributed by atoms with E-state index >= 15 is 0 Å². The normalized spacial score (nSPS) is 14.2. The molecule has 0 spiro atoms. The van der Waals surface area contributed by atoms with Crippen LogP contribution in [0.3, 0.4) is 0 Å². The zero-order chi connectivity index (χ0) is 13.2. The molecule has 18 heavy (non-hydrogen) atoms. The summed E-state index contributed by atoms with van der Waals surface area (Å²) in [6, 6.07) is 7.30. The molecule has 0 saturated carbocycles. The number of hydrogen-bond donors (Lipinski definition) is 2. The number of nitrogens with zero attached hydrogens (tertiary/aromatic N) is 1. The minimum absolute atomic E-state index is 0.181. The van der Waals surface area contributed by atoms with Crippen LogP contribution >= 0.6 is 11.3 Å². The van der Waals surface area contributed by atoms with Crippen molar-refractivity contribution in [3.05, 3.63) is 46.4 Å². The number of aliphatic hydroxyl groups is 1. The molecule has 4 nitrogen and oxygen atoms in total. The van der Waals surface area contributed by atoms with Crippen molar-refractivity contribution in [3.63, 3.8) is 0 Å². The summed E-state index contributed by atoms with van der Waals surface area (Å²) in [6.45, 7) is 1.89. The summed E-state index contributed by atoms with van der Waals surface area (Å²) in [5.74, 6) is -0.181. The second-order valence-corrected chi connectivity index (χ2v) is 5.39. The number of thiophene rings is 1. The van der Waals surface area contributed by atoms with E-state index in [1.54, 1.807) is 17.6 Å². The molecule has 96 valence electrons. The molecule has 0 bridgehead atoms. The fourth-order valence-electron chi connectivity index (χ4n) is 1.71. The monoisotopic (exact) mass is 264 g/mol. The molecular weight excluding hydrogens is 248 g/mol. The quantitative estimate of drug-likeness (QED) is 0.883. The summed E-state index contributed by atoms with van der Waals surface area (Å²) in [5.41, 5.74) is -0.452. The third-order valence-electron chi connectivity index (χ3n) is 2.82. The molecule has 2 rings (SSSR count). The molecule has 0 aromatic carbocycles. The summed E-state index contributed by atoms with van der Waals surface area (Å²) in [7, 11) is 1.81. The Morgan fingerprint density at radius 3 is 2.83 bits per heavy atom. The lowest BCUT2D eigenvalue weighted by Crippen LogP contribution is -2.38. The van der Waals surface area contributed by atoms with Gasteiger partial charge in [-0.25, -0.2) is 0 Å². The summed E-state index contributed by atoms with van der Waals surface area (Å²) >= 11 is 1.48. The maximum atomic E-state index is 11.9. The average Bonchev–Trinajstić information content (AvgIpc) is 2.96. The van der Waals surface area contributed by atoms with E-state index in [4.69, 9.17) is 0 Å². The second kappa shape index (κ2) is 4.96. The average molecular weight is 264 g/mol. The Bertz CT molecular complexity index is 529. The molecule has 0 unspecified atom stereocenters. The third kappa shape index (κ3) is 2.63. The van der Waals surface area contributed by atoms with E-state index in [0.717, 1.165) is 4.88 Å². The number of rotatable bonds is 4. The van der Waals surface area contributed by atoms with Gasteiger partial charge in [0.2, 0.25) is 0 Å². The topological polar surface area (TPSA) is 54.3 Å². The minimum atomic E-state index is -1.03. The Labute approximate surface area is 110 Å². The van der Waals surface area contributed by atoms with E-state index in [9.17, 15) is 9.90 Å². The van der Waals surface area contributed by atoms with Crippen LogP contribution in [0.15, 0.2) is 35.8 Å². The summed E-state index contributed by atoms with van der Waals surface area (Å²) in [4.78, 5) is 12.7. The van der Waals surface area contributed by atoms with Gasteiger partial charge in [0.1, 0.15) is 11.3 Å². The molecule has 1 atom stereocenters. The number of aryl methyl sites for hydroxylation is 1. The first-order valence-electron chi connectivity index (χ1n) is 5.66. The highest BCUT2D eigenvalue weighted by molar-refractivity contribution is 7.10. The molecule has 2 aromatic rings. The molecule has 0 fully saturated rings. The Morgan fingerprint density at radius 2 is 2.28 bits per heavy atom. The van der Waals surface area contributed by atoms with E-state index < -0.39 is 5.60 Å². The second-order valence-electron chi connectivity index (χ2n) is 4.44. The molecule has 2 aromatic heterocycles. The Kier molecular flexibility index (Phi) is 3.54. The highest BCUT2D eigenvalue weighted by Gasteiger charge is 2.25. The van der Waals surface area contributed by atoms with Gasteiger partial charge in [-0.1, -0.05) is 6.07 Å². The van der Waals surface area contributed by atoms with E-state index in [2.05, 4.69) is 5.32 Å². The molecule has 2 heterocycles. The zero-order valence-corrected chi connectivity index (χ0v) is 11.2. The lowest BCUT2D eigenvalue weighted by molar-refractivity contribution is 0.0554. The standard InChI is InChI=1S/C13H16N2O2S/c1-13(17,11-6-4-8-18-11)9-14-12(16)10-5-3-7-15(10)2/h3-8,17H,9H2,1-2H3,(H,14,16)/t13-/m0/s1. The van der Waals surface area contributed by atoms with Gasteiger partial charge >= 0.3 is 0 Å². The van der Waals surface area contributed by atoms with Crippen LogP contribution in [-0.2, 0) is 12.6 Å². The van der Waals surface area contributed by atoms with Crippen LogP contribution in [-0.4, -0.2) is 22.1 Å². The van der Waals surface area contributed by atoms with Gasteiger partial charge in [0.25, 0.3) is 5.91 Å². The molecule has 0 radical (unpaired) electrons. The van der Waals surface area contributed by atoms with Crippen molar-refractivity contribution < 1.29 is 9.90 Å². The maximum Gasteiger partial charge on any atom is 0.268 e. The van der Waals surface area contributed by atoms with Gasteiger partial charge in [-0.15, -0.1) is 11.3 Å². The van der Waals surface area contributed by atoms with Gasteiger partial charge in [0.05, 0.1) is 6.54 Å². The lowest BCUT2D eigenvalue weighted by Gasteiger charge is -2.22. The first-order chi connectivity index (χ1) is 8.50. The first kappa shape index (κ1) is 12.9. The predicted molar refractivity (Wildman–Crippen MR) is 71.6 cm³/mol. The number of carbonyl (C=O) groups excluding carboxylic acids is 1. The van der Waals surface area contributed by atoms with Crippen molar-refractivity contribution in [1.29, 1.82) is 0 Å². The number of aromatic nitrogens is 1. The van der Waals surface area contributed by atoms with Crippen LogP contribution in [0.5, 0.6) is 0 Å². The molecule has 0 aliphatic heterocycles. The van der Waals surface area contributed by atoms with Gasteiger partial charge in [0.15, 0.2) is 0 Å². The SMILES string of the molecule is Cn1cccc1C(=O)NC[C@](C)(O)c1cccs1. The number of amides is 1. The highest BCUT2D eigenvalue weighted by Crippen LogP contribution is 2.24. The van der Waals surface area contributed by atoms with Crippen LogP contribution in [0.2, 0.25) is 0 Å². The third-order valence-corrected chi connectivity index (χ3v) is 3.94. The van der Waals surface area contributed by atoms with Gasteiger partial charge in [-0.3, -0.25) is 4.79 Å². The Hall–Kier alpha value is -1.59. The highest BCUT2D eigenvalue weighted by atomic mass is 32.1. The summed E-state index contributed by atoms with van der Waals surface area (Å²) in [5, 5.41) is 14.9. The van der Waals surface area contributed by atoms with Crippen molar-refractivity contribution in [2.24, 2.45) is 7.05 Å². The predicted octanol–water partition coefficient (Wildman–Crippen LogP) is 1.72. The molecule has 1 amide bonds. The van der Waals surface area contributed by atoms with E-state index in [1.165, 1.54) is 11.3 Å². The van der Waals surface area contributed by atoms with Crippen LogP contribution in [0.25, 0.3) is 0 Å². The zero-order valence-electron chi connectivity index (χ0n) is 10.4. The van der Waals surface area contributed by atoms with Crippen LogP contribution in [0, 0.1) is 0 Å². The summed E-state index contributed by atoms with van der Waals surface area (Å²) < 4.78 is 1.75. The van der Waals surface area contributed by atoms with Gasteiger partial charge < -0.3 is 15.0 Å². The molecule has 0 aliphatic carbocycles. The number of nitrogens with one attached hydrogen (secondary N) is 1. The van der Waals surface area contributed by atoms with Gasteiger partial charge in [-0.2, -0.15) is 0 Å². The van der Waals surface area contributed by atoms with Crippen LogP contribution < -0.4 is 5.32 Å². The van der Waals surface area contributed by atoms with E-state index in [-0.39, 0.29) is 12.5 Å². The lowest BCUT2D eigenvalue weighted by atomic mass is 10.1. The van der Waals surface area contributed by atoms with Crippen LogP contribution in [0.1, 0.15) is 22.3 Å². The molecule has 0 saturated heterocycles. The van der Waals surface area contributed by atoms with Crippen molar-refractivity contribution in [2.45, 2.75) is 12.5 Å². The van der Waals surface area contributed by atoms with Crippen LogP contribution in [0.4, 0.5) is 0 Å². The van der Waals surface area contributed by atoms with E-state index in [1.807, 2.05) is 36.8 Å². The number of carbonyl (C=O) groups is 1. The molecule has 5 heteroatoms. The minimum Gasteiger partial charge on any atom is -0.383 e. The molecule has 0 aliphatic rings. The Morgan fingerprint density at radius 1 is 1.50 bits per heavy atom. The largest absolute Gasteiger partial charge is 0.383 e.